The van der Waals surface area contributed by atoms with Gasteiger partial charge in [-0.05, 0) is 18.3 Å². The molecule has 0 aliphatic carbocycles. The molecule has 2 fully saturated rings. The molecule has 2 aliphatic rings. The summed E-state index contributed by atoms with van der Waals surface area (Å²) in [5.74, 6) is 2.42. The van der Waals surface area contributed by atoms with Gasteiger partial charge in [0.15, 0.2) is 0 Å². The lowest BCUT2D eigenvalue weighted by atomic mass is 9.90. The zero-order chi connectivity index (χ0) is 23.5. The summed E-state index contributed by atoms with van der Waals surface area (Å²) in [6, 6.07) is 2.02. The monoisotopic (exact) mass is 445 g/mol. The minimum Gasteiger partial charge on any atom is -0.383 e. The van der Waals surface area contributed by atoms with E-state index < -0.39 is 0 Å². The van der Waals surface area contributed by atoms with Crippen LogP contribution in [0.25, 0.3) is 0 Å². The van der Waals surface area contributed by atoms with Gasteiger partial charge in [0.05, 0.1) is 12.3 Å². The van der Waals surface area contributed by atoms with E-state index in [1.54, 1.807) is 7.11 Å². The predicted octanol–water partition coefficient (Wildman–Crippen LogP) is 2.65. The van der Waals surface area contributed by atoms with Crippen LogP contribution in [0, 0.1) is 5.41 Å². The molecule has 1 atom stereocenters. The second-order valence-corrected chi connectivity index (χ2v) is 10.5. The van der Waals surface area contributed by atoms with Gasteiger partial charge in [-0.25, -0.2) is 9.97 Å². The van der Waals surface area contributed by atoms with Gasteiger partial charge in [-0.15, -0.1) is 0 Å². The number of rotatable bonds is 7. The predicted molar refractivity (Wildman–Crippen MR) is 125 cm³/mol. The van der Waals surface area contributed by atoms with Crippen molar-refractivity contribution in [3.63, 3.8) is 0 Å². The molecule has 0 radical (unpaired) electrons. The van der Waals surface area contributed by atoms with E-state index in [1.165, 1.54) is 0 Å². The van der Waals surface area contributed by atoms with Crippen LogP contribution in [-0.2, 0) is 14.3 Å². The van der Waals surface area contributed by atoms with Crippen LogP contribution in [0.4, 0.5) is 5.82 Å². The smallest absolute Gasteiger partial charge is 0.223 e. The van der Waals surface area contributed by atoms with Crippen molar-refractivity contribution in [1.29, 1.82) is 0 Å². The van der Waals surface area contributed by atoms with E-state index in [1.807, 2.05) is 34.9 Å². The molecule has 2 amide bonds. The number of ether oxygens (including phenoxy) is 1. The summed E-state index contributed by atoms with van der Waals surface area (Å²) in [6.45, 7) is 9.63. The summed E-state index contributed by atoms with van der Waals surface area (Å²) in [7, 11) is 5.61. The Balaban J connectivity index is 1.72. The van der Waals surface area contributed by atoms with E-state index in [4.69, 9.17) is 14.7 Å². The molecule has 8 heteroatoms. The first kappa shape index (κ1) is 24.4. The second kappa shape index (κ2) is 10.1. The molecule has 0 aromatic carbocycles. The zero-order valence-corrected chi connectivity index (χ0v) is 20.6. The first-order valence-electron chi connectivity index (χ1n) is 11.7. The van der Waals surface area contributed by atoms with Crippen molar-refractivity contribution in [2.45, 2.75) is 58.3 Å². The van der Waals surface area contributed by atoms with E-state index in [2.05, 4.69) is 20.8 Å². The summed E-state index contributed by atoms with van der Waals surface area (Å²) >= 11 is 0. The largest absolute Gasteiger partial charge is 0.383 e. The fraction of sp³-hybridized carbons (Fsp3) is 0.750. The molecule has 0 N–H and O–H groups in total. The number of piperidine rings is 1. The van der Waals surface area contributed by atoms with Gasteiger partial charge in [0, 0.05) is 78.1 Å². The minimum atomic E-state index is 0.00183. The van der Waals surface area contributed by atoms with Gasteiger partial charge in [0.1, 0.15) is 11.6 Å². The number of methoxy groups -OCH3 is 1. The lowest BCUT2D eigenvalue weighted by molar-refractivity contribution is -0.134. The molecule has 2 saturated heterocycles. The van der Waals surface area contributed by atoms with Crippen molar-refractivity contribution in [3.05, 3.63) is 17.6 Å². The number of hydrogen-bond donors (Lipinski definition) is 0. The van der Waals surface area contributed by atoms with Gasteiger partial charge in [0.25, 0.3) is 0 Å². The first-order chi connectivity index (χ1) is 15.1. The minimum absolute atomic E-state index is 0.00183. The molecule has 1 unspecified atom stereocenters. The number of amides is 2. The highest BCUT2D eigenvalue weighted by molar-refractivity contribution is 5.79. The van der Waals surface area contributed by atoms with E-state index in [-0.39, 0.29) is 29.1 Å². The molecule has 0 saturated carbocycles. The number of nitrogens with zero attached hydrogens (tertiary/aromatic N) is 5. The van der Waals surface area contributed by atoms with Crippen LogP contribution in [0.3, 0.4) is 0 Å². The van der Waals surface area contributed by atoms with Crippen LogP contribution >= 0.6 is 0 Å². The molecule has 32 heavy (non-hydrogen) atoms. The van der Waals surface area contributed by atoms with Gasteiger partial charge in [0.2, 0.25) is 11.8 Å². The summed E-state index contributed by atoms with van der Waals surface area (Å²) in [5.41, 5.74) is 0.945. The molecule has 0 bridgehead atoms. The van der Waals surface area contributed by atoms with Gasteiger partial charge in [-0.1, -0.05) is 20.8 Å². The topological polar surface area (TPSA) is 78.9 Å². The number of likely N-dealkylation sites (tertiary alicyclic amines) is 2. The lowest BCUT2D eigenvalue weighted by Gasteiger charge is -2.33. The van der Waals surface area contributed by atoms with Crippen molar-refractivity contribution in [2.75, 3.05) is 58.9 Å². The Morgan fingerprint density at radius 2 is 1.88 bits per heavy atom. The van der Waals surface area contributed by atoms with Gasteiger partial charge >= 0.3 is 0 Å². The Morgan fingerprint density at radius 3 is 2.47 bits per heavy atom. The van der Waals surface area contributed by atoms with Crippen molar-refractivity contribution in [3.8, 4) is 0 Å². The van der Waals surface area contributed by atoms with Gasteiger partial charge < -0.3 is 19.4 Å². The number of carbonyl (C=O) groups excluding carboxylic acids is 2. The maximum Gasteiger partial charge on any atom is 0.223 e. The third kappa shape index (κ3) is 6.18. The third-order valence-corrected chi connectivity index (χ3v) is 6.30. The fourth-order valence-electron chi connectivity index (χ4n) is 4.43. The number of anilines is 1. The van der Waals surface area contributed by atoms with E-state index >= 15 is 0 Å². The average molecular weight is 446 g/mol. The number of hydrogen-bond acceptors (Lipinski definition) is 6. The summed E-state index contributed by atoms with van der Waals surface area (Å²) < 4.78 is 5.14. The Hall–Kier alpha value is -2.22. The Bertz CT molecular complexity index is 812. The Morgan fingerprint density at radius 1 is 1.19 bits per heavy atom. The second-order valence-electron chi connectivity index (χ2n) is 10.5. The SMILES string of the molecule is COCCN1CC(c2cc(N(C)C)nc(C3CCN(C(=O)CC(C)(C)C)CC3)n2)CC1=O. The van der Waals surface area contributed by atoms with Crippen LogP contribution in [0.2, 0.25) is 0 Å². The molecule has 2 aliphatic heterocycles. The number of aromatic nitrogens is 2. The molecule has 3 rings (SSSR count). The fourth-order valence-corrected chi connectivity index (χ4v) is 4.43. The van der Waals surface area contributed by atoms with Crippen LogP contribution in [-0.4, -0.2) is 85.6 Å². The van der Waals surface area contributed by atoms with Crippen molar-refractivity contribution >= 4 is 17.6 Å². The van der Waals surface area contributed by atoms with Crippen LogP contribution in [0.1, 0.15) is 69.8 Å². The molecule has 8 nitrogen and oxygen atoms in total. The standard InChI is InChI=1S/C24H39N5O3/c1-24(2,3)15-22(31)28-9-7-17(8-10-28)23-25-19(14-20(26-23)27(4)5)18-13-21(30)29(16-18)11-12-32-6/h14,17-18H,7-13,15-16H2,1-6H3. The Kier molecular flexibility index (Phi) is 7.75. The summed E-state index contributed by atoms with van der Waals surface area (Å²) in [6.07, 6.45) is 2.79. The van der Waals surface area contributed by atoms with Crippen molar-refractivity contribution < 1.29 is 14.3 Å². The first-order valence-corrected chi connectivity index (χ1v) is 11.7. The van der Waals surface area contributed by atoms with Gasteiger partial charge in [-0.3, -0.25) is 9.59 Å². The quantitative estimate of drug-likeness (QED) is 0.642. The van der Waals surface area contributed by atoms with Gasteiger partial charge in [-0.2, -0.15) is 0 Å². The highest BCUT2D eigenvalue weighted by Gasteiger charge is 2.33. The number of carbonyl (C=O) groups is 2. The maximum absolute atomic E-state index is 12.6. The lowest BCUT2D eigenvalue weighted by Crippen LogP contribution is -2.39. The molecule has 1 aromatic rings. The highest BCUT2D eigenvalue weighted by atomic mass is 16.5. The van der Waals surface area contributed by atoms with E-state index in [0.29, 0.717) is 32.5 Å². The molecular weight excluding hydrogens is 406 g/mol. The summed E-state index contributed by atoms with van der Waals surface area (Å²) in [4.78, 5) is 40.7. The molecule has 0 spiro atoms. The Labute approximate surface area is 192 Å². The van der Waals surface area contributed by atoms with Crippen LogP contribution in [0.15, 0.2) is 6.07 Å². The van der Waals surface area contributed by atoms with Crippen LogP contribution in [0.5, 0.6) is 0 Å². The highest BCUT2D eigenvalue weighted by Crippen LogP contribution is 2.32. The zero-order valence-electron chi connectivity index (χ0n) is 20.6. The normalized spacial score (nSPS) is 20.2. The van der Waals surface area contributed by atoms with Crippen molar-refractivity contribution in [1.82, 2.24) is 19.8 Å². The molecular formula is C24H39N5O3. The maximum atomic E-state index is 12.6. The molecule has 178 valence electrons. The molecule has 3 heterocycles. The van der Waals surface area contributed by atoms with E-state index in [9.17, 15) is 9.59 Å². The summed E-state index contributed by atoms with van der Waals surface area (Å²) in [5, 5.41) is 0. The van der Waals surface area contributed by atoms with E-state index in [0.717, 1.165) is 43.3 Å². The average Bonchev–Trinajstić information content (AvgIpc) is 3.11. The molecule has 1 aromatic heterocycles. The van der Waals surface area contributed by atoms with Crippen molar-refractivity contribution in [2.24, 2.45) is 5.41 Å². The third-order valence-electron chi connectivity index (χ3n) is 6.30. The van der Waals surface area contributed by atoms with Crippen LogP contribution < -0.4 is 4.90 Å².